The zero-order valence-corrected chi connectivity index (χ0v) is 17.0. The van der Waals surface area contributed by atoms with Crippen molar-refractivity contribution in [2.75, 3.05) is 0 Å². The molecule has 2 atom stereocenters. The molecule has 0 spiro atoms. The lowest BCUT2D eigenvalue weighted by molar-refractivity contribution is -0.139. The summed E-state index contributed by atoms with van der Waals surface area (Å²) in [7, 11) is -2.12. The van der Waals surface area contributed by atoms with Crippen LogP contribution >= 0.6 is 0 Å². The molecule has 0 bridgehead atoms. The van der Waals surface area contributed by atoms with Crippen LogP contribution in [0, 0.1) is 5.92 Å². The van der Waals surface area contributed by atoms with Crippen LogP contribution in [0.3, 0.4) is 0 Å². The van der Waals surface area contributed by atoms with Gasteiger partial charge in [-0.3, -0.25) is 4.79 Å². The molecule has 0 unspecified atom stereocenters. The maximum absolute atomic E-state index is 13.2. The zero-order valence-electron chi connectivity index (χ0n) is 16.0. The molecular weight excluding hydrogens is 300 g/mol. The van der Waals surface area contributed by atoms with E-state index in [1.807, 2.05) is 6.08 Å². The molecule has 2 nitrogen and oxygen atoms in total. The summed E-state index contributed by atoms with van der Waals surface area (Å²) in [5.41, 5.74) is 0.613. The van der Waals surface area contributed by atoms with Crippen LogP contribution in [0.15, 0.2) is 25.3 Å². The molecule has 0 aromatic carbocycles. The lowest BCUT2D eigenvalue weighted by Crippen LogP contribution is -2.58. The summed E-state index contributed by atoms with van der Waals surface area (Å²) < 4.78 is 6.93. The number of allylic oxidation sites excluding steroid dienone is 1. The molecule has 1 saturated carbocycles. The number of Topliss-reactive ketones (excluding diaryl/α,β-unsaturated/α-hetero) is 1. The summed E-state index contributed by atoms with van der Waals surface area (Å²) in [6.45, 7) is 21.4. The topological polar surface area (TPSA) is 26.3 Å². The van der Waals surface area contributed by atoms with Crippen molar-refractivity contribution in [2.24, 2.45) is 5.92 Å². The van der Waals surface area contributed by atoms with E-state index in [1.54, 1.807) is 6.08 Å². The Bertz CT molecular complexity index is 417. The van der Waals surface area contributed by atoms with E-state index in [4.69, 9.17) is 4.43 Å². The highest BCUT2D eigenvalue weighted by Crippen LogP contribution is 2.47. The average molecular weight is 337 g/mol. The summed E-state index contributed by atoms with van der Waals surface area (Å²) >= 11 is 0. The van der Waals surface area contributed by atoms with E-state index >= 15 is 0 Å². The molecule has 0 aliphatic heterocycles. The number of rotatable bonds is 8. The monoisotopic (exact) mass is 336 g/mol. The average Bonchev–Trinajstić information content (AvgIpc) is 2.47. The number of hydrogen-bond donors (Lipinski definition) is 0. The third-order valence-corrected chi connectivity index (χ3v) is 11.9. The van der Waals surface area contributed by atoms with Gasteiger partial charge in [0.1, 0.15) is 5.60 Å². The smallest absolute Gasteiger partial charge is 0.202 e. The second-order valence-corrected chi connectivity index (χ2v) is 13.4. The molecular formula is C20H36O2Si. The fraction of sp³-hybridized carbons (Fsp3) is 0.750. The third kappa shape index (κ3) is 3.71. The minimum atomic E-state index is -2.12. The molecule has 1 fully saturated rings. The van der Waals surface area contributed by atoms with Gasteiger partial charge in [-0.05, 0) is 42.3 Å². The van der Waals surface area contributed by atoms with Crippen LogP contribution in [0.2, 0.25) is 16.6 Å². The van der Waals surface area contributed by atoms with E-state index in [1.165, 1.54) is 0 Å². The van der Waals surface area contributed by atoms with Crippen molar-refractivity contribution in [1.29, 1.82) is 0 Å². The van der Waals surface area contributed by atoms with Crippen LogP contribution in [0.25, 0.3) is 0 Å². The van der Waals surface area contributed by atoms with E-state index in [-0.39, 0.29) is 11.7 Å². The van der Waals surface area contributed by atoms with Gasteiger partial charge in [0.15, 0.2) is 5.78 Å². The predicted molar refractivity (Wildman–Crippen MR) is 102 cm³/mol. The highest BCUT2D eigenvalue weighted by molar-refractivity contribution is 6.78. The van der Waals surface area contributed by atoms with Crippen molar-refractivity contribution >= 4 is 14.1 Å². The molecule has 1 rings (SSSR count). The standard InChI is InChI=1S/C20H36O2Si/c1-9-12-18-13-11-14-20(10-2,19(18)21)22-23(15(3)4,16(5)6)17(7)8/h9-10,15-18H,1-2,11-14H2,3-8H3/t18-,20-/m1/s1. The van der Waals surface area contributed by atoms with Gasteiger partial charge in [0, 0.05) is 5.92 Å². The maximum Gasteiger partial charge on any atom is 0.202 e. The summed E-state index contributed by atoms with van der Waals surface area (Å²) in [4.78, 5) is 13.2. The first-order valence-electron chi connectivity index (χ1n) is 9.16. The minimum absolute atomic E-state index is 0.0393. The first kappa shape index (κ1) is 20.4. The molecule has 0 radical (unpaired) electrons. The SMILES string of the molecule is C=CC[C@@H]1CCC[C@@](C=C)(O[Si](C(C)C)(C(C)C)C(C)C)C1=O. The maximum atomic E-state index is 13.2. The lowest BCUT2D eigenvalue weighted by atomic mass is 9.75. The van der Waals surface area contributed by atoms with Crippen LogP contribution in [-0.2, 0) is 9.22 Å². The second kappa shape index (κ2) is 7.93. The molecule has 132 valence electrons. The summed E-state index contributed by atoms with van der Waals surface area (Å²) in [5, 5.41) is 0. The Morgan fingerprint density at radius 3 is 2.09 bits per heavy atom. The first-order valence-corrected chi connectivity index (χ1v) is 11.3. The van der Waals surface area contributed by atoms with Crippen LogP contribution < -0.4 is 0 Å². The van der Waals surface area contributed by atoms with Gasteiger partial charge in [0.05, 0.1) is 0 Å². The molecule has 1 aliphatic carbocycles. The van der Waals surface area contributed by atoms with Gasteiger partial charge in [-0.25, -0.2) is 0 Å². The molecule has 0 aromatic heterocycles. The minimum Gasteiger partial charge on any atom is -0.400 e. The highest BCUT2D eigenvalue weighted by Gasteiger charge is 2.53. The van der Waals surface area contributed by atoms with Gasteiger partial charge >= 0.3 is 0 Å². The van der Waals surface area contributed by atoms with Crippen molar-refractivity contribution in [3.63, 3.8) is 0 Å². The summed E-state index contributed by atoms with van der Waals surface area (Å²) in [6, 6.07) is 0. The van der Waals surface area contributed by atoms with Gasteiger partial charge in [-0.1, -0.05) is 60.3 Å². The number of carbonyl (C=O) groups is 1. The van der Waals surface area contributed by atoms with E-state index in [0.717, 1.165) is 25.7 Å². The Labute approximate surface area is 144 Å². The molecule has 23 heavy (non-hydrogen) atoms. The number of carbonyl (C=O) groups excluding carboxylic acids is 1. The summed E-state index contributed by atoms with van der Waals surface area (Å²) in [5.74, 6) is 0.273. The van der Waals surface area contributed by atoms with E-state index < -0.39 is 13.9 Å². The van der Waals surface area contributed by atoms with Gasteiger partial charge in [-0.2, -0.15) is 0 Å². The van der Waals surface area contributed by atoms with Gasteiger partial charge in [0.25, 0.3) is 0 Å². The highest BCUT2D eigenvalue weighted by atomic mass is 28.4. The van der Waals surface area contributed by atoms with Crippen LogP contribution in [0.5, 0.6) is 0 Å². The fourth-order valence-corrected chi connectivity index (χ4v) is 10.3. The van der Waals surface area contributed by atoms with Crippen molar-refractivity contribution in [3.8, 4) is 0 Å². The molecule has 0 saturated heterocycles. The largest absolute Gasteiger partial charge is 0.400 e. The Morgan fingerprint density at radius 1 is 1.17 bits per heavy atom. The van der Waals surface area contributed by atoms with Gasteiger partial charge in [0.2, 0.25) is 8.32 Å². The van der Waals surface area contributed by atoms with Gasteiger partial charge in [-0.15, -0.1) is 6.58 Å². The molecule has 1 aliphatic rings. The van der Waals surface area contributed by atoms with Crippen molar-refractivity contribution in [3.05, 3.63) is 25.3 Å². The fourth-order valence-electron chi connectivity index (χ4n) is 4.65. The van der Waals surface area contributed by atoms with Crippen molar-refractivity contribution in [2.45, 2.75) is 89.5 Å². The Hall–Kier alpha value is -0.673. The normalized spacial score (nSPS) is 26.1. The van der Waals surface area contributed by atoms with E-state index in [2.05, 4.69) is 54.7 Å². The second-order valence-electron chi connectivity index (χ2n) is 7.99. The van der Waals surface area contributed by atoms with E-state index in [0.29, 0.717) is 16.6 Å². The number of ketones is 1. The number of hydrogen-bond acceptors (Lipinski definition) is 2. The zero-order chi connectivity index (χ0) is 17.8. The third-order valence-electron chi connectivity index (χ3n) is 5.74. The van der Waals surface area contributed by atoms with E-state index in [9.17, 15) is 4.79 Å². The van der Waals surface area contributed by atoms with Crippen LogP contribution in [0.4, 0.5) is 0 Å². The molecule has 0 N–H and O–H groups in total. The Balaban J connectivity index is 3.28. The molecule has 0 amide bonds. The van der Waals surface area contributed by atoms with Crippen LogP contribution in [-0.4, -0.2) is 19.7 Å². The van der Waals surface area contributed by atoms with Crippen molar-refractivity contribution < 1.29 is 9.22 Å². The molecule has 0 heterocycles. The molecule has 3 heteroatoms. The molecule has 0 aromatic rings. The van der Waals surface area contributed by atoms with Crippen molar-refractivity contribution in [1.82, 2.24) is 0 Å². The first-order chi connectivity index (χ1) is 10.7. The van der Waals surface area contributed by atoms with Gasteiger partial charge < -0.3 is 4.43 Å². The quantitative estimate of drug-likeness (QED) is 0.398. The summed E-state index contributed by atoms with van der Waals surface area (Å²) in [6.07, 6.45) is 7.17. The van der Waals surface area contributed by atoms with Crippen LogP contribution in [0.1, 0.15) is 67.2 Å². The Morgan fingerprint density at radius 2 is 1.70 bits per heavy atom. The Kier molecular flexibility index (Phi) is 7.03. The predicted octanol–water partition coefficient (Wildman–Crippen LogP) is 6.05. The lowest BCUT2D eigenvalue weighted by Gasteiger charge is -2.50.